The Balaban J connectivity index is 1.73. The Morgan fingerprint density at radius 2 is 1.86 bits per heavy atom. The number of ether oxygens (including phenoxy) is 1. The number of hydrogen-bond acceptors (Lipinski definition) is 3. The molecule has 2 rings (SSSR count). The first kappa shape index (κ1) is 16.3. The van der Waals surface area contributed by atoms with E-state index in [1.807, 2.05) is 0 Å². The fourth-order valence-corrected chi connectivity index (χ4v) is 3.14. The minimum absolute atomic E-state index is 0.328. The van der Waals surface area contributed by atoms with Gasteiger partial charge in [0, 0.05) is 12.2 Å². The van der Waals surface area contributed by atoms with Gasteiger partial charge in [-0.3, -0.25) is 0 Å². The Hall–Kier alpha value is -1.06. The third-order valence-electron chi connectivity index (χ3n) is 4.30. The summed E-state index contributed by atoms with van der Waals surface area (Å²) in [6.45, 7) is 7.38. The fourth-order valence-electron chi connectivity index (χ4n) is 3.14. The van der Waals surface area contributed by atoms with Crippen LogP contribution in [-0.2, 0) is 4.74 Å². The molecule has 1 aliphatic carbocycles. The molecule has 1 aromatic carbocycles. The number of aliphatic hydroxyl groups excluding tert-OH is 1. The van der Waals surface area contributed by atoms with Crippen LogP contribution in [0.5, 0.6) is 0 Å². The van der Waals surface area contributed by atoms with E-state index in [2.05, 4.69) is 44.3 Å². The molecule has 0 saturated heterocycles. The Kier molecular flexibility index (Phi) is 6.07. The third-order valence-corrected chi connectivity index (χ3v) is 4.30. The number of aliphatic hydroxyl groups is 1. The smallest absolute Gasteiger partial charge is 0.0945 e. The molecule has 0 aromatic heterocycles. The Labute approximate surface area is 128 Å². The van der Waals surface area contributed by atoms with Crippen LogP contribution in [0.1, 0.15) is 43.7 Å². The molecule has 21 heavy (non-hydrogen) atoms. The molecule has 3 unspecified atom stereocenters. The molecule has 3 nitrogen and oxygen atoms in total. The number of nitrogens with one attached hydrogen (secondary N) is 1. The second-order valence-electron chi connectivity index (χ2n) is 6.54. The van der Waals surface area contributed by atoms with Gasteiger partial charge in [-0.25, -0.2) is 0 Å². The first-order valence-corrected chi connectivity index (χ1v) is 8.16. The van der Waals surface area contributed by atoms with Gasteiger partial charge in [-0.1, -0.05) is 25.8 Å². The van der Waals surface area contributed by atoms with Crippen LogP contribution in [0.15, 0.2) is 18.2 Å². The second kappa shape index (κ2) is 7.81. The van der Waals surface area contributed by atoms with Gasteiger partial charge in [0.15, 0.2) is 0 Å². The number of anilines is 1. The predicted octanol–water partition coefficient (Wildman–Crippen LogP) is 3.67. The first-order chi connectivity index (χ1) is 10.0. The highest BCUT2D eigenvalue weighted by Crippen LogP contribution is 2.26. The summed E-state index contributed by atoms with van der Waals surface area (Å²) in [5.41, 5.74) is 3.54. The quantitative estimate of drug-likeness (QED) is 0.840. The third kappa shape index (κ3) is 5.33. The van der Waals surface area contributed by atoms with E-state index in [1.165, 1.54) is 30.4 Å². The lowest BCUT2D eigenvalue weighted by Crippen LogP contribution is -2.32. The molecule has 3 atom stereocenters. The molecule has 0 aliphatic heterocycles. The molecule has 3 heteroatoms. The van der Waals surface area contributed by atoms with Crippen molar-refractivity contribution in [2.45, 2.75) is 58.7 Å². The van der Waals surface area contributed by atoms with Gasteiger partial charge in [0.25, 0.3) is 0 Å². The second-order valence-corrected chi connectivity index (χ2v) is 6.54. The largest absolute Gasteiger partial charge is 0.389 e. The molecule has 1 aromatic rings. The molecule has 1 saturated carbocycles. The number of hydrogen-bond donors (Lipinski definition) is 2. The molecule has 118 valence electrons. The summed E-state index contributed by atoms with van der Waals surface area (Å²) in [6, 6.07) is 6.35. The van der Waals surface area contributed by atoms with E-state index in [4.69, 9.17) is 4.74 Å². The zero-order chi connectivity index (χ0) is 15.2. The lowest BCUT2D eigenvalue weighted by Gasteiger charge is -2.29. The molecule has 1 fully saturated rings. The highest BCUT2D eigenvalue weighted by Gasteiger charge is 2.22. The summed E-state index contributed by atoms with van der Waals surface area (Å²) >= 11 is 0. The van der Waals surface area contributed by atoms with Gasteiger partial charge in [0.1, 0.15) is 0 Å². The molecular weight excluding hydrogens is 262 g/mol. The van der Waals surface area contributed by atoms with Crippen LogP contribution >= 0.6 is 0 Å². The average molecular weight is 291 g/mol. The molecule has 0 spiro atoms. The van der Waals surface area contributed by atoms with E-state index < -0.39 is 6.10 Å². The molecule has 2 N–H and O–H groups in total. The van der Waals surface area contributed by atoms with Gasteiger partial charge in [0.05, 0.1) is 18.8 Å². The van der Waals surface area contributed by atoms with Crippen LogP contribution < -0.4 is 5.32 Å². The van der Waals surface area contributed by atoms with Crippen molar-refractivity contribution >= 4 is 5.69 Å². The highest BCUT2D eigenvalue weighted by molar-refractivity contribution is 5.48. The van der Waals surface area contributed by atoms with Crippen molar-refractivity contribution in [3.63, 3.8) is 0 Å². The summed E-state index contributed by atoms with van der Waals surface area (Å²) in [4.78, 5) is 0. The van der Waals surface area contributed by atoms with E-state index in [0.29, 0.717) is 25.2 Å². The van der Waals surface area contributed by atoms with Gasteiger partial charge in [-0.15, -0.1) is 0 Å². The number of rotatable bonds is 6. The van der Waals surface area contributed by atoms with E-state index in [9.17, 15) is 5.11 Å². The van der Waals surface area contributed by atoms with Gasteiger partial charge in [0.2, 0.25) is 0 Å². The average Bonchev–Trinajstić information content (AvgIpc) is 2.43. The van der Waals surface area contributed by atoms with Crippen LogP contribution in [0.25, 0.3) is 0 Å². The van der Waals surface area contributed by atoms with Gasteiger partial charge >= 0.3 is 0 Å². The van der Waals surface area contributed by atoms with Crippen molar-refractivity contribution < 1.29 is 9.84 Å². The van der Waals surface area contributed by atoms with E-state index in [0.717, 1.165) is 12.1 Å². The van der Waals surface area contributed by atoms with Crippen molar-refractivity contribution in [1.29, 1.82) is 0 Å². The molecule has 0 bridgehead atoms. The highest BCUT2D eigenvalue weighted by atomic mass is 16.5. The fraction of sp³-hybridized carbons (Fsp3) is 0.667. The van der Waals surface area contributed by atoms with E-state index >= 15 is 0 Å². The van der Waals surface area contributed by atoms with Crippen LogP contribution in [0.2, 0.25) is 0 Å². The molecular formula is C18H29NO2. The summed E-state index contributed by atoms with van der Waals surface area (Å²) < 4.78 is 5.90. The Bertz CT molecular complexity index is 427. The van der Waals surface area contributed by atoms with E-state index in [1.54, 1.807) is 0 Å². The van der Waals surface area contributed by atoms with Crippen LogP contribution in [0, 0.1) is 19.8 Å². The molecule has 0 radical (unpaired) electrons. The van der Waals surface area contributed by atoms with Crippen molar-refractivity contribution in [1.82, 2.24) is 0 Å². The topological polar surface area (TPSA) is 41.5 Å². The Morgan fingerprint density at radius 1 is 1.19 bits per heavy atom. The first-order valence-electron chi connectivity index (χ1n) is 8.16. The zero-order valence-electron chi connectivity index (χ0n) is 13.6. The Morgan fingerprint density at radius 3 is 2.52 bits per heavy atom. The minimum Gasteiger partial charge on any atom is -0.389 e. The van der Waals surface area contributed by atoms with Gasteiger partial charge in [-0.2, -0.15) is 0 Å². The maximum Gasteiger partial charge on any atom is 0.0945 e. The number of benzene rings is 1. The van der Waals surface area contributed by atoms with Crippen molar-refractivity contribution in [3.8, 4) is 0 Å². The van der Waals surface area contributed by atoms with Crippen LogP contribution in [0.3, 0.4) is 0 Å². The molecule has 0 amide bonds. The lowest BCUT2D eigenvalue weighted by molar-refractivity contribution is -0.0424. The number of aryl methyl sites for hydroxylation is 2. The van der Waals surface area contributed by atoms with Crippen molar-refractivity contribution in [3.05, 3.63) is 29.3 Å². The van der Waals surface area contributed by atoms with Gasteiger partial charge in [-0.05, 0) is 55.9 Å². The normalized spacial score (nSPS) is 23.8. The predicted molar refractivity (Wildman–Crippen MR) is 87.8 cm³/mol. The van der Waals surface area contributed by atoms with Crippen LogP contribution in [0.4, 0.5) is 5.69 Å². The molecule has 1 aliphatic rings. The van der Waals surface area contributed by atoms with Crippen molar-refractivity contribution in [2.24, 2.45) is 5.92 Å². The SMILES string of the molecule is Cc1cc(C)cc(NCC(O)COC2CCCCC2C)c1. The summed E-state index contributed by atoms with van der Waals surface area (Å²) in [7, 11) is 0. The summed E-state index contributed by atoms with van der Waals surface area (Å²) in [5.74, 6) is 0.623. The van der Waals surface area contributed by atoms with E-state index in [-0.39, 0.29) is 0 Å². The van der Waals surface area contributed by atoms with Crippen LogP contribution in [-0.4, -0.2) is 30.5 Å². The lowest BCUT2D eigenvalue weighted by atomic mass is 9.88. The van der Waals surface area contributed by atoms with Gasteiger partial charge < -0.3 is 15.2 Å². The van der Waals surface area contributed by atoms with Crippen molar-refractivity contribution in [2.75, 3.05) is 18.5 Å². The standard InChI is InChI=1S/C18H29NO2/c1-13-8-14(2)10-16(9-13)19-11-17(20)12-21-18-7-5-4-6-15(18)3/h8-10,15,17-20H,4-7,11-12H2,1-3H3. The zero-order valence-corrected chi connectivity index (χ0v) is 13.6. The monoisotopic (exact) mass is 291 g/mol. The molecule has 0 heterocycles. The maximum atomic E-state index is 10.1. The summed E-state index contributed by atoms with van der Waals surface area (Å²) in [5, 5.41) is 13.4. The maximum absolute atomic E-state index is 10.1. The summed E-state index contributed by atoms with van der Waals surface area (Å²) in [6.07, 6.45) is 4.83. The minimum atomic E-state index is -0.458.